The molecule has 0 aliphatic heterocycles. The molecule has 1 aromatic carbocycles. The Labute approximate surface area is 94.8 Å². The second-order valence-corrected chi connectivity index (χ2v) is 3.84. The highest BCUT2D eigenvalue weighted by Crippen LogP contribution is 2.29. The first-order valence-corrected chi connectivity index (χ1v) is 5.15. The number of hydrogen-bond acceptors (Lipinski definition) is 3. The molecule has 2 aromatic rings. The summed E-state index contributed by atoms with van der Waals surface area (Å²) in [6.07, 6.45) is 3.19. The van der Waals surface area contributed by atoms with Crippen molar-refractivity contribution in [2.45, 2.75) is 20.8 Å². The summed E-state index contributed by atoms with van der Waals surface area (Å²) in [6.45, 7) is 10.1. The molecule has 82 valence electrons. The summed E-state index contributed by atoms with van der Waals surface area (Å²) in [5, 5.41) is 7.65. The molecule has 1 heterocycles. The van der Waals surface area contributed by atoms with Crippen LogP contribution in [0, 0.1) is 20.8 Å². The molecule has 0 aliphatic carbocycles. The Bertz CT molecular complexity index is 527. The number of aromatic nitrogens is 2. The monoisotopic (exact) mass is 214 g/mol. The van der Waals surface area contributed by atoms with E-state index in [1.54, 1.807) is 0 Å². The van der Waals surface area contributed by atoms with E-state index in [2.05, 4.69) is 37.5 Å². The van der Waals surface area contributed by atoms with Gasteiger partial charge in [0, 0.05) is 5.56 Å². The van der Waals surface area contributed by atoms with Crippen molar-refractivity contribution in [1.29, 1.82) is 0 Å². The van der Waals surface area contributed by atoms with Crippen molar-refractivity contribution >= 4 is 6.08 Å². The zero-order valence-electron chi connectivity index (χ0n) is 9.74. The quantitative estimate of drug-likeness (QED) is 0.769. The van der Waals surface area contributed by atoms with Crippen LogP contribution in [0.4, 0.5) is 0 Å². The Kier molecular flexibility index (Phi) is 2.60. The maximum absolute atomic E-state index is 5.24. The third kappa shape index (κ3) is 1.54. The van der Waals surface area contributed by atoms with Gasteiger partial charge in [0.15, 0.2) is 0 Å². The standard InChI is InChI=1S/C13H14N2O/c1-5-11-6-12(13-15-14-7-16-13)10(4)8(2)9(11)3/h5-7H,1H2,2-4H3. The minimum atomic E-state index is 0.559. The van der Waals surface area contributed by atoms with E-state index in [0.717, 1.165) is 11.1 Å². The number of rotatable bonds is 2. The van der Waals surface area contributed by atoms with Crippen molar-refractivity contribution in [2.24, 2.45) is 0 Å². The van der Waals surface area contributed by atoms with Crippen LogP contribution in [0.5, 0.6) is 0 Å². The van der Waals surface area contributed by atoms with Crippen LogP contribution in [-0.4, -0.2) is 10.2 Å². The zero-order valence-corrected chi connectivity index (χ0v) is 9.74. The molecule has 1 aromatic heterocycles. The van der Waals surface area contributed by atoms with Gasteiger partial charge in [-0.1, -0.05) is 12.7 Å². The van der Waals surface area contributed by atoms with E-state index in [1.807, 2.05) is 12.1 Å². The Morgan fingerprint density at radius 3 is 2.50 bits per heavy atom. The van der Waals surface area contributed by atoms with Crippen LogP contribution in [0.1, 0.15) is 22.3 Å². The Morgan fingerprint density at radius 1 is 1.19 bits per heavy atom. The van der Waals surface area contributed by atoms with Gasteiger partial charge >= 0.3 is 0 Å². The largest absolute Gasteiger partial charge is 0.423 e. The lowest BCUT2D eigenvalue weighted by Crippen LogP contribution is -1.94. The molecule has 0 N–H and O–H groups in total. The van der Waals surface area contributed by atoms with E-state index in [9.17, 15) is 0 Å². The van der Waals surface area contributed by atoms with E-state index in [-0.39, 0.29) is 0 Å². The highest BCUT2D eigenvalue weighted by Gasteiger charge is 2.12. The van der Waals surface area contributed by atoms with Crippen molar-refractivity contribution in [2.75, 3.05) is 0 Å². The molecule has 0 aliphatic rings. The van der Waals surface area contributed by atoms with E-state index < -0.39 is 0 Å². The Morgan fingerprint density at radius 2 is 1.94 bits per heavy atom. The average molecular weight is 214 g/mol. The van der Waals surface area contributed by atoms with Gasteiger partial charge in [0.25, 0.3) is 0 Å². The summed E-state index contributed by atoms with van der Waals surface area (Å²) in [5.41, 5.74) is 5.75. The lowest BCUT2D eigenvalue weighted by Gasteiger charge is -2.11. The first-order valence-electron chi connectivity index (χ1n) is 5.15. The summed E-state index contributed by atoms with van der Waals surface area (Å²) < 4.78 is 5.24. The zero-order chi connectivity index (χ0) is 11.7. The molecule has 16 heavy (non-hydrogen) atoms. The maximum Gasteiger partial charge on any atom is 0.247 e. The normalized spacial score (nSPS) is 10.4. The molecule has 0 saturated heterocycles. The lowest BCUT2D eigenvalue weighted by molar-refractivity contribution is 0.568. The Hall–Kier alpha value is -1.90. The second-order valence-electron chi connectivity index (χ2n) is 3.84. The number of hydrogen-bond donors (Lipinski definition) is 0. The van der Waals surface area contributed by atoms with Gasteiger partial charge in [-0.05, 0) is 49.1 Å². The molecule has 0 amide bonds. The van der Waals surface area contributed by atoms with Gasteiger partial charge in [0.1, 0.15) is 0 Å². The first-order chi connectivity index (χ1) is 7.65. The fourth-order valence-electron chi connectivity index (χ4n) is 1.80. The molecule has 0 saturated carbocycles. The molecular formula is C13H14N2O. The smallest absolute Gasteiger partial charge is 0.247 e. The lowest BCUT2D eigenvalue weighted by atomic mass is 9.94. The van der Waals surface area contributed by atoms with Crippen LogP contribution in [-0.2, 0) is 0 Å². The summed E-state index contributed by atoms with van der Waals surface area (Å²) in [7, 11) is 0. The van der Waals surface area contributed by atoms with Gasteiger partial charge in [0.2, 0.25) is 12.3 Å². The minimum absolute atomic E-state index is 0.559. The van der Waals surface area contributed by atoms with E-state index in [4.69, 9.17) is 4.42 Å². The van der Waals surface area contributed by atoms with E-state index >= 15 is 0 Å². The van der Waals surface area contributed by atoms with Crippen molar-refractivity contribution in [3.8, 4) is 11.5 Å². The SMILES string of the molecule is C=Cc1cc(-c2nnco2)c(C)c(C)c1C. The third-order valence-corrected chi connectivity index (χ3v) is 3.07. The molecule has 0 unspecified atom stereocenters. The van der Waals surface area contributed by atoms with Gasteiger partial charge in [0.05, 0.1) is 0 Å². The van der Waals surface area contributed by atoms with Gasteiger partial charge < -0.3 is 4.42 Å². The van der Waals surface area contributed by atoms with Crippen LogP contribution in [0.25, 0.3) is 17.5 Å². The molecule has 3 nitrogen and oxygen atoms in total. The van der Waals surface area contributed by atoms with Crippen LogP contribution < -0.4 is 0 Å². The van der Waals surface area contributed by atoms with Crippen molar-refractivity contribution in [3.05, 3.63) is 41.3 Å². The van der Waals surface area contributed by atoms with Gasteiger partial charge in [-0.3, -0.25) is 0 Å². The fraction of sp³-hybridized carbons (Fsp3) is 0.231. The molecule has 2 rings (SSSR count). The van der Waals surface area contributed by atoms with Crippen molar-refractivity contribution in [1.82, 2.24) is 10.2 Å². The van der Waals surface area contributed by atoms with Crippen LogP contribution in [0.15, 0.2) is 23.5 Å². The fourth-order valence-corrected chi connectivity index (χ4v) is 1.80. The third-order valence-electron chi connectivity index (χ3n) is 3.07. The average Bonchev–Trinajstić information content (AvgIpc) is 2.80. The molecule has 0 fully saturated rings. The highest BCUT2D eigenvalue weighted by atomic mass is 16.4. The molecule has 0 atom stereocenters. The predicted octanol–water partition coefficient (Wildman–Crippen LogP) is 3.30. The van der Waals surface area contributed by atoms with Crippen LogP contribution in [0.3, 0.4) is 0 Å². The van der Waals surface area contributed by atoms with E-state index in [1.165, 1.54) is 23.1 Å². The molecule has 0 bridgehead atoms. The van der Waals surface area contributed by atoms with Gasteiger partial charge in [-0.15, -0.1) is 10.2 Å². The van der Waals surface area contributed by atoms with Gasteiger partial charge in [-0.25, -0.2) is 0 Å². The highest BCUT2D eigenvalue weighted by molar-refractivity contribution is 5.68. The topological polar surface area (TPSA) is 38.9 Å². The summed E-state index contributed by atoms with van der Waals surface area (Å²) in [4.78, 5) is 0. The number of benzene rings is 1. The van der Waals surface area contributed by atoms with Crippen LogP contribution in [0.2, 0.25) is 0 Å². The van der Waals surface area contributed by atoms with Crippen LogP contribution >= 0.6 is 0 Å². The molecular weight excluding hydrogens is 200 g/mol. The second kappa shape index (κ2) is 3.93. The summed E-state index contributed by atoms with van der Waals surface area (Å²) in [5.74, 6) is 0.559. The minimum Gasteiger partial charge on any atom is -0.423 e. The summed E-state index contributed by atoms with van der Waals surface area (Å²) >= 11 is 0. The maximum atomic E-state index is 5.24. The molecule has 0 spiro atoms. The van der Waals surface area contributed by atoms with Crippen molar-refractivity contribution in [3.63, 3.8) is 0 Å². The van der Waals surface area contributed by atoms with Gasteiger partial charge in [-0.2, -0.15) is 0 Å². The first kappa shape index (κ1) is 10.6. The summed E-state index contributed by atoms with van der Waals surface area (Å²) in [6, 6.07) is 2.04. The predicted molar refractivity (Wildman–Crippen MR) is 64.0 cm³/mol. The molecule has 3 heteroatoms. The van der Waals surface area contributed by atoms with Crippen molar-refractivity contribution < 1.29 is 4.42 Å². The Balaban J connectivity index is 2.72. The van der Waals surface area contributed by atoms with E-state index in [0.29, 0.717) is 5.89 Å². The molecule has 0 radical (unpaired) electrons. The number of nitrogens with zero attached hydrogens (tertiary/aromatic N) is 2.